The van der Waals surface area contributed by atoms with Crippen LogP contribution in [0.15, 0.2) is 61.3 Å². The van der Waals surface area contributed by atoms with Gasteiger partial charge in [0.2, 0.25) is 0 Å². The Bertz CT molecular complexity index is 1320. The van der Waals surface area contributed by atoms with E-state index in [1.54, 1.807) is 12.3 Å². The molecule has 9 heteroatoms. The second kappa shape index (κ2) is 13.6. The van der Waals surface area contributed by atoms with Crippen molar-refractivity contribution in [2.75, 3.05) is 57.3 Å². The van der Waals surface area contributed by atoms with Crippen LogP contribution in [0.4, 0.5) is 14.6 Å². The van der Waals surface area contributed by atoms with E-state index in [4.69, 9.17) is 16.3 Å². The number of benzene rings is 2. The van der Waals surface area contributed by atoms with Crippen molar-refractivity contribution in [1.29, 1.82) is 0 Å². The summed E-state index contributed by atoms with van der Waals surface area (Å²) in [4.78, 5) is 12.0. The maximum atomic E-state index is 13.5. The van der Waals surface area contributed by atoms with Crippen molar-refractivity contribution < 1.29 is 13.5 Å². The second-order valence-electron chi connectivity index (χ2n) is 10.9. The topological polar surface area (TPSA) is 43.9 Å². The molecular weight excluding hydrogens is 544 g/mol. The van der Waals surface area contributed by atoms with Crippen molar-refractivity contribution in [2.45, 2.75) is 32.4 Å². The molecule has 0 spiro atoms. The SMILES string of the molecule is C=C(NCc1ccc(F)c(F)c1)c1cnc(N2CCN(C3CCN(CCOc4ccc(C)cc4)CC3)CC2)c(Cl)c1. The minimum Gasteiger partial charge on any atom is -0.492 e. The van der Waals surface area contributed by atoms with E-state index in [2.05, 4.69) is 50.6 Å². The highest BCUT2D eigenvalue weighted by Gasteiger charge is 2.28. The standard InChI is InChI=1S/C32H38ClF2N5O/c1-23-3-6-28(7-4-23)41-18-17-38-11-9-27(10-12-38)39-13-15-40(16-14-39)32-29(33)20-26(22-37-32)24(2)36-21-25-5-8-30(34)31(35)19-25/h3-8,19-20,22,27,36H,2,9-18,21H2,1H3. The van der Waals surface area contributed by atoms with Crippen molar-refractivity contribution in [3.63, 3.8) is 0 Å². The highest BCUT2D eigenvalue weighted by molar-refractivity contribution is 6.33. The van der Waals surface area contributed by atoms with Gasteiger partial charge in [0.05, 0.1) is 5.02 Å². The van der Waals surface area contributed by atoms with Gasteiger partial charge in [0.1, 0.15) is 18.2 Å². The predicted octanol–water partition coefficient (Wildman–Crippen LogP) is 5.75. The van der Waals surface area contributed by atoms with Gasteiger partial charge in [-0.05, 0) is 68.8 Å². The van der Waals surface area contributed by atoms with E-state index in [0.29, 0.717) is 28.9 Å². The quantitative estimate of drug-likeness (QED) is 0.329. The maximum absolute atomic E-state index is 13.5. The van der Waals surface area contributed by atoms with Crippen LogP contribution in [-0.2, 0) is 6.54 Å². The molecule has 2 saturated heterocycles. The van der Waals surface area contributed by atoms with E-state index >= 15 is 0 Å². The van der Waals surface area contributed by atoms with E-state index in [0.717, 1.165) is 75.6 Å². The summed E-state index contributed by atoms with van der Waals surface area (Å²) in [5.41, 5.74) is 3.24. The molecule has 1 aromatic heterocycles. The minimum absolute atomic E-state index is 0.317. The number of nitrogens with one attached hydrogen (secondary N) is 1. The number of hydrogen-bond donors (Lipinski definition) is 1. The highest BCUT2D eigenvalue weighted by Crippen LogP contribution is 2.28. The Hall–Kier alpha value is -3.20. The Kier molecular flexibility index (Phi) is 9.75. The van der Waals surface area contributed by atoms with Crippen molar-refractivity contribution >= 4 is 23.1 Å². The van der Waals surface area contributed by atoms with E-state index in [9.17, 15) is 8.78 Å². The van der Waals surface area contributed by atoms with Crippen molar-refractivity contribution in [1.82, 2.24) is 20.1 Å². The molecule has 3 heterocycles. The molecule has 41 heavy (non-hydrogen) atoms. The first kappa shape index (κ1) is 29.3. The van der Waals surface area contributed by atoms with Gasteiger partial charge in [-0.2, -0.15) is 0 Å². The number of nitrogens with zero attached hydrogens (tertiary/aromatic N) is 4. The van der Waals surface area contributed by atoms with Crippen LogP contribution in [0, 0.1) is 18.6 Å². The minimum atomic E-state index is -0.866. The molecule has 0 bridgehead atoms. The first-order valence-corrected chi connectivity index (χ1v) is 14.7. The Morgan fingerprint density at radius 1 is 1.00 bits per heavy atom. The number of rotatable bonds is 10. The molecule has 2 aromatic carbocycles. The Morgan fingerprint density at radius 3 is 2.41 bits per heavy atom. The summed E-state index contributed by atoms with van der Waals surface area (Å²) in [5, 5.41) is 3.72. The fourth-order valence-electron chi connectivity index (χ4n) is 5.52. The maximum Gasteiger partial charge on any atom is 0.159 e. The summed E-state index contributed by atoms with van der Waals surface area (Å²) in [6.07, 6.45) is 4.11. The van der Waals surface area contributed by atoms with Crippen molar-refractivity contribution in [2.24, 2.45) is 0 Å². The van der Waals surface area contributed by atoms with Gasteiger partial charge >= 0.3 is 0 Å². The molecule has 218 valence electrons. The molecule has 0 amide bonds. The van der Waals surface area contributed by atoms with Crippen LogP contribution in [-0.4, -0.2) is 73.2 Å². The lowest BCUT2D eigenvalue weighted by molar-refractivity contribution is 0.0948. The highest BCUT2D eigenvalue weighted by atomic mass is 35.5. The molecule has 0 unspecified atom stereocenters. The van der Waals surface area contributed by atoms with Gasteiger partial charge in [0, 0.05) is 62.8 Å². The average Bonchev–Trinajstić information content (AvgIpc) is 2.99. The van der Waals surface area contributed by atoms with Crippen LogP contribution in [0.1, 0.15) is 29.5 Å². The lowest BCUT2D eigenvalue weighted by Crippen LogP contribution is -2.53. The summed E-state index contributed by atoms with van der Waals surface area (Å²) in [7, 11) is 0. The van der Waals surface area contributed by atoms with E-state index in [-0.39, 0.29) is 0 Å². The second-order valence-corrected chi connectivity index (χ2v) is 11.3. The van der Waals surface area contributed by atoms with Crippen LogP contribution in [0.3, 0.4) is 0 Å². The van der Waals surface area contributed by atoms with E-state index < -0.39 is 11.6 Å². The number of likely N-dealkylation sites (tertiary alicyclic amines) is 1. The third-order valence-electron chi connectivity index (χ3n) is 8.04. The number of hydrogen-bond acceptors (Lipinski definition) is 6. The fourth-order valence-corrected chi connectivity index (χ4v) is 5.81. The predicted molar refractivity (Wildman–Crippen MR) is 161 cm³/mol. The number of aromatic nitrogens is 1. The first-order valence-electron chi connectivity index (χ1n) is 14.3. The van der Waals surface area contributed by atoms with E-state index in [1.165, 1.54) is 24.5 Å². The average molecular weight is 582 g/mol. The molecule has 2 aliphatic rings. The number of aryl methyl sites for hydroxylation is 1. The van der Waals surface area contributed by atoms with Crippen LogP contribution in [0.25, 0.3) is 5.70 Å². The molecule has 0 saturated carbocycles. The van der Waals surface area contributed by atoms with Gasteiger partial charge in [0.15, 0.2) is 11.6 Å². The van der Waals surface area contributed by atoms with E-state index in [1.807, 2.05) is 18.2 Å². The van der Waals surface area contributed by atoms with Gasteiger partial charge in [-0.25, -0.2) is 13.8 Å². The largest absolute Gasteiger partial charge is 0.492 e. The number of halogens is 3. The van der Waals surface area contributed by atoms with Crippen LogP contribution in [0.5, 0.6) is 5.75 Å². The molecule has 0 atom stereocenters. The van der Waals surface area contributed by atoms with Gasteiger partial charge in [-0.3, -0.25) is 9.80 Å². The summed E-state index contributed by atoms with van der Waals surface area (Å²) < 4.78 is 32.6. The molecule has 2 fully saturated rings. The molecule has 0 aliphatic carbocycles. The lowest BCUT2D eigenvalue weighted by atomic mass is 10.0. The number of ether oxygens (including phenoxy) is 1. The number of anilines is 1. The summed E-state index contributed by atoms with van der Waals surface area (Å²) in [5.74, 6) is -0.00367. The van der Waals surface area contributed by atoms with Crippen LogP contribution >= 0.6 is 11.6 Å². The zero-order valence-corrected chi connectivity index (χ0v) is 24.3. The van der Waals surface area contributed by atoms with Crippen LogP contribution in [0.2, 0.25) is 5.02 Å². The summed E-state index contributed by atoms with van der Waals surface area (Å²) in [6.45, 7) is 14.1. The number of pyridine rings is 1. The number of piperidine rings is 1. The molecule has 2 aliphatic heterocycles. The Balaban J connectivity index is 1.04. The fraction of sp³-hybridized carbons (Fsp3) is 0.406. The summed E-state index contributed by atoms with van der Waals surface area (Å²) >= 11 is 6.66. The third-order valence-corrected chi connectivity index (χ3v) is 8.32. The zero-order valence-electron chi connectivity index (χ0n) is 23.6. The molecule has 3 aromatic rings. The smallest absolute Gasteiger partial charge is 0.159 e. The van der Waals surface area contributed by atoms with Crippen LogP contribution < -0.4 is 15.0 Å². The number of piperazine rings is 1. The zero-order chi connectivity index (χ0) is 28.8. The molecule has 0 radical (unpaired) electrons. The van der Waals surface area contributed by atoms with Gasteiger partial charge in [0.25, 0.3) is 0 Å². The Morgan fingerprint density at radius 2 is 1.73 bits per heavy atom. The van der Waals surface area contributed by atoms with Gasteiger partial charge in [-0.1, -0.05) is 41.9 Å². The molecule has 5 rings (SSSR count). The molecular formula is C32H38ClF2N5O. The Labute approximate surface area is 246 Å². The molecule has 6 nitrogen and oxygen atoms in total. The monoisotopic (exact) mass is 581 g/mol. The normalized spacial score (nSPS) is 17.0. The van der Waals surface area contributed by atoms with Gasteiger partial charge in [-0.15, -0.1) is 0 Å². The van der Waals surface area contributed by atoms with Gasteiger partial charge < -0.3 is 15.0 Å². The molecule has 1 N–H and O–H groups in total. The summed E-state index contributed by atoms with van der Waals surface area (Å²) in [6, 6.07) is 14.5. The van der Waals surface area contributed by atoms with Crippen molar-refractivity contribution in [3.05, 3.63) is 94.7 Å². The third kappa shape index (κ3) is 7.76. The lowest BCUT2D eigenvalue weighted by Gasteiger charge is -2.43. The first-order chi connectivity index (χ1) is 19.9. The van der Waals surface area contributed by atoms with Crippen molar-refractivity contribution in [3.8, 4) is 5.75 Å².